The van der Waals surface area contributed by atoms with Crippen molar-refractivity contribution in [2.45, 2.75) is 25.5 Å². The van der Waals surface area contributed by atoms with Crippen molar-refractivity contribution in [2.75, 3.05) is 19.8 Å². The van der Waals surface area contributed by atoms with Crippen molar-refractivity contribution in [3.63, 3.8) is 0 Å². The van der Waals surface area contributed by atoms with Gasteiger partial charge in [-0.25, -0.2) is 4.79 Å². The second-order valence-corrected chi connectivity index (χ2v) is 6.54. The Morgan fingerprint density at radius 1 is 1.46 bits per heavy atom. The zero-order valence-electron chi connectivity index (χ0n) is 14.2. The lowest BCUT2D eigenvalue weighted by Gasteiger charge is -2.31. The zero-order chi connectivity index (χ0) is 18.7. The van der Waals surface area contributed by atoms with E-state index in [0.29, 0.717) is 40.2 Å². The van der Waals surface area contributed by atoms with Crippen molar-refractivity contribution >= 4 is 34.4 Å². The van der Waals surface area contributed by atoms with Crippen molar-refractivity contribution in [2.24, 2.45) is 0 Å². The van der Waals surface area contributed by atoms with Gasteiger partial charge in [-0.3, -0.25) is 9.78 Å². The summed E-state index contributed by atoms with van der Waals surface area (Å²) < 4.78 is 10.7. The molecule has 2 aromatic rings. The lowest BCUT2D eigenvalue weighted by Crippen LogP contribution is -2.50. The average Bonchev–Trinajstić information content (AvgIpc) is 2.61. The largest absolute Gasteiger partial charge is 0.480 e. The number of aliphatic carboxylic acids is 1. The Labute approximate surface area is 155 Å². The van der Waals surface area contributed by atoms with Crippen molar-refractivity contribution in [1.82, 2.24) is 10.3 Å². The molecule has 2 atom stereocenters. The SMILES string of the molecule is Cc1cc(C(=O)N[C@@H]2CCOC[C@H]2OCC(=O)O)c2cccc(Cl)c2n1. The summed E-state index contributed by atoms with van der Waals surface area (Å²) in [6.07, 6.45) is 0.0280. The Balaban J connectivity index is 1.84. The summed E-state index contributed by atoms with van der Waals surface area (Å²) in [7, 11) is 0. The number of hydrogen-bond acceptors (Lipinski definition) is 5. The average molecular weight is 379 g/mol. The number of nitrogens with zero attached hydrogens (tertiary/aromatic N) is 1. The summed E-state index contributed by atoms with van der Waals surface area (Å²) in [6, 6.07) is 6.67. The van der Waals surface area contributed by atoms with E-state index >= 15 is 0 Å². The van der Waals surface area contributed by atoms with Gasteiger partial charge in [0.05, 0.1) is 28.8 Å². The topological polar surface area (TPSA) is 97.8 Å². The molecule has 1 fully saturated rings. The molecule has 0 bridgehead atoms. The first-order chi connectivity index (χ1) is 12.5. The normalized spacial score (nSPS) is 20.1. The van der Waals surface area contributed by atoms with Gasteiger partial charge < -0.3 is 19.9 Å². The molecule has 7 nitrogen and oxygen atoms in total. The van der Waals surface area contributed by atoms with Gasteiger partial charge in [0.1, 0.15) is 12.7 Å². The minimum atomic E-state index is -1.06. The lowest BCUT2D eigenvalue weighted by atomic mass is 10.0. The fourth-order valence-electron chi connectivity index (χ4n) is 3.00. The molecule has 3 rings (SSSR count). The van der Waals surface area contributed by atoms with Crippen molar-refractivity contribution in [1.29, 1.82) is 0 Å². The van der Waals surface area contributed by atoms with Crippen LogP contribution in [0.4, 0.5) is 0 Å². The standard InChI is InChI=1S/C18H19ClN2O5/c1-10-7-12(11-3-2-4-13(19)17(11)20-10)18(24)21-14-5-6-25-8-15(14)26-9-16(22)23/h2-4,7,14-15H,5-6,8-9H2,1H3,(H,21,24)(H,22,23)/t14-,15-/m1/s1. The number of carbonyl (C=O) groups excluding carboxylic acids is 1. The van der Waals surface area contributed by atoms with E-state index in [1.165, 1.54) is 0 Å². The van der Waals surface area contributed by atoms with Gasteiger partial charge in [-0.05, 0) is 25.5 Å². The molecule has 2 heterocycles. The molecule has 2 N–H and O–H groups in total. The number of aromatic nitrogens is 1. The number of ether oxygens (including phenoxy) is 2. The summed E-state index contributed by atoms with van der Waals surface area (Å²) in [5.74, 6) is -1.34. The molecule has 1 aliphatic rings. The predicted molar refractivity (Wildman–Crippen MR) is 95.6 cm³/mol. The van der Waals surface area contributed by atoms with Crippen LogP contribution in [0.2, 0.25) is 5.02 Å². The minimum absolute atomic E-state index is 0.236. The summed E-state index contributed by atoms with van der Waals surface area (Å²) in [5, 5.41) is 12.9. The van der Waals surface area contributed by atoms with Gasteiger partial charge in [-0.2, -0.15) is 0 Å². The number of rotatable bonds is 5. The summed E-state index contributed by atoms with van der Waals surface area (Å²) in [6.45, 7) is 2.07. The van der Waals surface area contributed by atoms with Crippen LogP contribution in [0.3, 0.4) is 0 Å². The molecule has 1 saturated heterocycles. The number of amides is 1. The monoisotopic (exact) mass is 378 g/mol. The van der Waals surface area contributed by atoms with Crippen LogP contribution in [0, 0.1) is 6.92 Å². The number of aryl methyl sites for hydroxylation is 1. The number of benzene rings is 1. The molecular formula is C18H19ClN2O5. The van der Waals surface area contributed by atoms with E-state index in [-0.39, 0.29) is 18.6 Å². The number of carbonyl (C=O) groups is 2. The Bertz CT molecular complexity index is 842. The van der Waals surface area contributed by atoms with Gasteiger partial charge in [0.2, 0.25) is 0 Å². The van der Waals surface area contributed by atoms with Crippen molar-refractivity contribution in [3.8, 4) is 0 Å². The molecule has 138 valence electrons. The molecule has 1 aromatic carbocycles. The van der Waals surface area contributed by atoms with Crippen LogP contribution in [0.5, 0.6) is 0 Å². The number of para-hydroxylation sites is 1. The van der Waals surface area contributed by atoms with Gasteiger partial charge in [-0.15, -0.1) is 0 Å². The number of pyridine rings is 1. The maximum Gasteiger partial charge on any atom is 0.329 e. The van der Waals surface area contributed by atoms with Gasteiger partial charge in [-0.1, -0.05) is 23.7 Å². The Morgan fingerprint density at radius 2 is 2.27 bits per heavy atom. The van der Waals surface area contributed by atoms with E-state index in [9.17, 15) is 9.59 Å². The molecule has 1 aromatic heterocycles. The summed E-state index contributed by atoms with van der Waals surface area (Å²) in [4.78, 5) is 28.0. The molecule has 0 radical (unpaired) electrons. The number of nitrogens with one attached hydrogen (secondary N) is 1. The molecule has 8 heteroatoms. The van der Waals surface area contributed by atoms with Crippen molar-refractivity contribution < 1.29 is 24.2 Å². The third kappa shape index (κ3) is 4.12. The molecule has 0 aliphatic carbocycles. The van der Waals surface area contributed by atoms with Crippen molar-refractivity contribution in [3.05, 3.63) is 40.5 Å². The van der Waals surface area contributed by atoms with Crippen LogP contribution >= 0.6 is 11.6 Å². The first-order valence-electron chi connectivity index (χ1n) is 8.23. The van der Waals surface area contributed by atoms with Gasteiger partial charge in [0.15, 0.2) is 0 Å². The summed E-state index contributed by atoms with van der Waals surface area (Å²) >= 11 is 6.21. The van der Waals surface area contributed by atoms with Crippen LogP contribution < -0.4 is 5.32 Å². The maximum absolute atomic E-state index is 12.9. The highest BCUT2D eigenvalue weighted by Crippen LogP contribution is 2.25. The zero-order valence-corrected chi connectivity index (χ0v) is 15.0. The van der Waals surface area contributed by atoms with Crippen LogP contribution in [-0.2, 0) is 14.3 Å². The number of halogens is 1. The Kier molecular flexibility index (Phi) is 5.70. The predicted octanol–water partition coefficient (Wildman–Crippen LogP) is 2.19. The number of carboxylic acids is 1. The molecule has 1 amide bonds. The quantitative estimate of drug-likeness (QED) is 0.827. The molecule has 26 heavy (non-hydrogen) atoms. The number of fused-ring (bicyclic) bond motifs is 1. The smallest absolute Gasteiger partial charge is 0.329 e. The van der Waals surface area contributed by atoms with E-state index in [1.807, 2.05) is 0 Å². The van der Waals surface area contributed by atoms with E-state index in [4.69, 9.17) is 26.2 Å². The maximum atomic E-state index is 12.9. The van der Waals surface area contributed by atoms with E-state index in [1.54, 1.807) is 31.2 Å². The highest BCUT2D eigenvalue weighted by atomic mass is 35.5. The van der Waals surface area contributed by atoms with Crippen LogP contribution in [0.15, 0.2) is 24.3 Å². The number of hydrogen-bond donors (Lipinski definition) is 2. The van der Waals surface area contributed by atoms with E-state index in [0.717, 1.165) is 0 Å². The Hall–Kier alpha value is -2.22. The van der Waals surface area contributed by atoms with E-state index < -0.39 is 18.7 Å². The van der Waals surface area contributed by atoms with Gasteiger partial charge >= 0.3 is 5.97 Å². The highest BCUT2D eigenvalue weighted by Gasteiger charge is 2.29. The van der Waals surface area contributed by atoms with Crippen LogP contribution in [-0.4, -0.2) is 53.9 Å². The molecule has 1 aliphatic heterocycles. The fourth-order valence-corrected chi connectivity index (χ4v) is 3.21. The second kappa shape index (κ2) is 7.99. The highest BCUT2D eigenvalue weighted by molar-refractivity contribution is 6.35. The lowest BCUT2D eigenvalue weighted by molar-refractivity contribution is -0.148. The van der Waals surface area contributed by atoms with E-state index in [2.05, 4.69) is 10.3 Å². The van der Waals surface area contributed by atoms with Gasteiger partial charge in [0.25, 0.3) is 5.91 Å². The third-order valence-electron chi connectivity index (χ3n) is 4.20. The van der Waals surface area contributed by atoms with Crippen LogP contribution in [0.25, 0.3) is 10.9 Å². The first kappa shape index (κ1) is 18.6. The molecule has 0 unspecified atom stereocenters. The number of carboxylic acid groups (broad SMARTS) is 1. The second-order valence-electron chi connectivity index (χ2n) is 6.13. The molecule has 0 spiro atoms. The van der Waals surface area contributed by atoms with Crippen LogP contribution in [0.1, 0.15) is 22.5 Å². The summed E-state index contributed by atoms with van der Waals surface area (Å²) in [5.41, 5.74) is 1.73. The molecule has 0 saturated carbocycles. The van der Waals surface area contributed by atoms with Gasteiger partial charge in [0, 0.05) is 17.7 Å². The third-order valence-corrected chi connectivity index (χ3v) is 4.51. The minimum Gasteiger partial charge on any atom is -0.480 e. The first-order valence-corrected chi connectivity index (χ1v) is 8.61. The molecular weight excluding hydrogens is 360 g/mol. The Morgan fingerprint density at radius 3 is 3.04 bits per heavy atom. The fraction of sp³-hybridized carbons (Fsp3) is 0.389.